The first-order valence-corrected chi connectivity index (χ1v) is 9.41. The van der Waals surface area contributed by atoms with E-state index in [4.69, 9.17) is 17.3 Å². The van der Waals surface area contributed by atoms with Gasteiger partial charge in [-0.15, -0.1) is 12.4 Å². The average Bonchev–Trinajstić information content (AvgIpc) is 3.02. The third-order valence-electron chi connectivity index (χ3n) is 4.75. The van der Waals surface area contributed by atoms with Crippen molar-refractivity contribution in [2.75, 3.05) is 18.8 Å². The molecule has 1 heterocycles. The standard InChI is InChI=1S/C15H19ClN2O3S.ClH/c16-11-2-4-12(5-3-11)22(20,21)9-15(19)18-7-10-1-6-14(17)13(10)8-18;/h2-5,10,13-14H,1,6-9,17H2;1H. The van der Waals surface area contributed by atoms with E-state index in [-0.39, 0.29) is 29.3 Å². The van der Waals surface area contributed by atoms with E-state index < -0.39 is 15.6 Å². The number of halogens is 2. The Bertz CT molecular complexity index is 678. The lowest BCUT2D eigenvalue weighted by Crippen LogP contribution is -2.36. The van der Waals surface area contributed by atoms with E-state index in [9.17, 15) is 13.2 Å². The predicted molar refractivity (Wildman–Crippen MR) is 91.5 cm³/mol. The van der Waals surface area contributed by atoms with Gasteiger partial charge in [0.05, 0.1) is 4.90 Å². The minimum absolute atomic E-state index is 0. The van der Waals surface area contributed by atoms with Gasteiger partial charge < -0.3 is 10.6 Å². The summed E-state index contributed by atoms with van der Waals surface area (Å²) >= 11 is 5.76. The number of carbonyl (C=O) groups excluding carboxylic acids is 1. The highest BCUT2D eigenvalue weighted by molar-refractivity contribution is 7.92. The largest absolute Gasteiger partial charge is 0.341 e. The van der Waals surface area contributed by atoms with Gasteiger partial charge in [0.2, 0.25) is 5.91 Å². The molecule has 2 fully saturated rings. The van der Waals surface area contributed by atoms with Crippen molar-refractivity contribution in [3.63, 3.8) is 0 Å². The van der Waals surface area contributed by atoms with Crippen LogP contribution in [0.25, 0.3) is 0 Å². The molecule has 1 amide bonds. The molecule has 8 heteroatoms. The number of fused-ring (bicyclic) bond motifs is 1. The Morgan fingerprint density at radius 2 is 1.87 bits per heavy atom. The highest BCUT2D eigenvalue weighted by Gasteiger charge is 2.42. The molecule has 0 aromatic heterocycles. The highest BCUT2D eigenvalue weighted by atomic mass is 35.5. The second-order valence-electron chi connectivity index (χ2n) is 6.18. The molecule has 0 spiro atoms. The summed E-state index contributed by atoms with van der Waals surface area (Å²) in [6, 6.07) is 6.02. The first kappa shape index (κ1) is 18.5. The molecule has 1 saturated heterocycles. The van der Waals surface area contributed by atoms with E-state index in [2.05, 4.69) is 0 Å². The van der Waals surface area contributed by atoms with Crippen LogP contribution in [-0.4, -0.2) is 44.1 Å². The molecule has 0 radical (unpaired) electrons. The van der Waals surface area contributed by atoms with Crippen LogP contribution in [0.1, 0.15) is 12.8 Å². The predicted octanol–water partition coefficient (Wildman–Crippen LogP) is 1.73. The number of hydrogen-bond donors (Lipinski definition) is 1. The lowest BCUT2D eigenvalue weighted by Gasteiger charge is -2.18. The Balaban J connectivity index is 0.00000192. The zero-order chi connectivity index (χ0) is 15.9. The molecule has 5 nitrogen and oxygen atoms in total. The lowest BCUT2D eigenvalue weighted by molar-refractivity contribution is -0.127. The fourth-order valence-electron chi connectivity index (χ4n) is 3.49. The average molecular weight is 379 g/mol. The van der Waals surface area contributed by atoms with E-state index in [1.54, 1.807) is 4.90 Å². The van der Waals surface area contributed by atoms with Crippen LogP contribution in [0.15, 0.2) is 29.2 Å². The van der Waals surface area contributed by atoms with Crippen molar-refractivity contribution in [1.82, 2.24) is 4.90 Å². The zero-order valence-electron chi connectivity index (χ0n) is 12.5. The summed E-state index contributed by atoms with van der Waals surface area (Å²) in [5.74, 6) is -0.0838. The van der Waals surface area contributed by atoms with E-state index in [1.807, 2.05) is 0 Å². The molecule has 1 aromatic carbocycles. The number of nitrogens with zero attached hydrogens (tertiary/aromatic N) is 1. The molecular weight excluding hydrogens is 359 g/mol. The SMILES string of the molecule is Cl.NC1CCC2CN(C(=O)CS(=O)(=O)c3ccc(Cl)cc3)CC12. The van der Waals surface area contributed by atoms with Gasteiger partial charge in [-0.1, -0.05) is 11.6 Å². The number of hydrogen-bond acceptors (Lipinski definition) is 4. The summed E-state index contributed by atoms with van der Waals surface area (Å²) in [5.41, 5.74) is 6.05. The van der Waals surface area contributed by atoms with Gasteiger partial charge in [-0.05, 0) is 48.9 Å². The zero-order valence-corrected chi connectivity index (χ0v) is 14.9. The normalized spacial score (nSPS) is 26.7. The summed E-state index contributed by atoms with van der Waals surface area (Å²) < 4.78 is 24.6. The lowest BCUT2D eigenvalue weighted by atomic mass is 9.98. The molecular formula is C15H20Cl2N2O3S. The van der Waals surface area contributed by atoms with E-state index >= 15 is 0 Å². The molecule has 0 bridgehead atoms. The second kappa shape index (κ2) is 6.97. The summed E-state index contributed by atoms with van der Waals surface area (Å²) in [7, 11) is -3.63. The number of rotatable bonds is 3. The molecule has 1 aliphatic carbocycles. The van der Waals surface area contributed by atoms with Crippen molar-refractivity contribution in [2.45, 2.75) is 23.8 Å². The van der Waals surface area contributed by atoms with E-state index in [0.717, 1.165) is 12.8 Å². The molecule has 2 aliphatic rings. The first-order valence-electron chi connectivity index (χ1n) is 7.38. The topological polar surface area (TPSA) is 80.5 Å². The maximum absolute atomic E-state index is 12.3. The molecule has 1 aromatic rings. The monoisotopic (exact) mass is 378 g/mol. The van der Waals surface area contributed by atoms with Crippen molar-refractivity contribution in [1.29, 1.82) is 0 Å². The summed E-state index contributed by atoms with van der Waals surface area (Å²) in [6.45, 7) is 1.22. The van der Waals surface area contributed by atoms with Crippen LogP contribution in [0.5, 0.6) is 0 Å². The number of benzene rings is 1. The van der Waals surface area contributed by atoms with Crippen LogP contribution in [-0.2, 0) is 14.6 Å². The van der Waals surface area contributed by atoms with Crippen LogP contribution in [0, 0.1) is 11.8 Å². The molecule has 1 aliphatic heterocycles. The third-order valence-corrected chi connectivity index (χ3v) is 6.62. The smallest absolute Gasteiger partial charge is 0.238 e. The summed E-state index contributed by atoms with van der Waals surface area (Å²) in [4.78, 5) is 14.1. The van der Waals surface area contributed by atoms with Crippen molar-refractivity contribution >= 4 is 39.8 Å². The number of nitrogens with two attached hydrogens (primary N) is 1. The maximum atomic E-state index is 12.3. The molecule has 1 saturated carbocycles. The van der Waals surface area contributed by atoms with Crippen molar-refractivity contribution in [3.8, 4) is 0 Å². The minimum Gasteiger partial charge on any atom is -0.341 e. The molecule has 3 atom stereocenters. The van der Waals surface area contributed by atoms with Gasteiger partial charge in [-0.2, -0.15) is 0 Å². The van der Waals surface area contributed by atoms with Crippen LogP contribution in [0.4, 0.5) is 0 Å². The number of amides is 1. The second-order valence-corrected chi connectivity index (χ2v) is 8.60. The van der Waals surface area contributed by atoms with E-state index in [0.29, 0.717) is 29.9 Å². The molecule has 3 unspecified atom stereocenters. The molecule has 3 rings (SSSR count). The van der Waals surface area contributed by atoms with Crippen LogP contribution >= 0.6 is 24.0 Å². The minimum atomic E-state index is -3.63. The van der Waals surface area contributed by atoms with Gasteiger partial charge in [0.1, 0.15) is 5.75 Å². The van der Waals surface area contributed by atoms with Crippen LogP contribution in [0.2, 0.25) is 5.02 Å². The molecule has 23 heavy (non-hydrogen) atoms. The van der Waals surface area contributed by atoms with E-state index in [1.165, 1.54) is 24.3 Å². The van der Waals surface area contributed by atoms with Gasteiger partial charge in [0.15, 0.2) is 9.84 Å². The van der Waals surface area contributed by atoms with Gasteiger partial charge in [-0.3, -0.25) is 4.79 Å². The van der Waals surface area contributed by atoms with Gasteiger partial charge in [-0.25, -0.2) is 8.42 Å². The quantitative estimate of drug-likeness (QED) is 0.868. The van der Waals surface area contributed by atoms with Gasteiger partial charge >= 0.3 is 0 Å². The molecule has 128 valence electrons. The maximum Gasteiger partial charge on any atom is 0.238 e. The van der Waals surface area contributed by atoms with Crippen molar-refractivity contribution < 1.29 is 13.2 Å². The van der Waals surface area contributed by atoms with Crippen LogP contribution in [0.3, 0.4) is 0 Å². The fraction of sp³-hybridized carbons (Fsp3) is 0.533. The Labute approximate surface area is 147 Å². The molecule has 2 N–H and O–H groups in total. The summed E-state index contributed by atoms with van der Waals surface area (Å²) in [6.07, 6.45) is 2.03. The number of carbonyl (C=O) groups is 1. The van der Waals surface area contributed by atoms with Crippen molar-refractivity contribution in [2.24, 2.45) is 17.6 Å². The Kier molecular flexibility index (Phi) is 5.61. The number of sulfone groups is 1. The number of likely N-dealkylation sites (tertiary alicyclic amines) is 1. The third kappa shape index (κ3) is 3.82. The van der Waals surface area contributed by atoms with Crippen LogP contribution < -0.4 is 5.73 Å². The Morgan fingerprint density at radius 3 is 2.48 bits per heavy atom. The van der Waals surface area contributed by atoms with Crippen molar-refractivity contribution in [3.05, 3.63) is 29.3 Å². The van der Waals surface area contributed by atoms with Gasteiger partial charge in [0, 0.05) is 24.2 Å². The first-order chi connectivity index (χ1) is 10.4. The Hall–Kier alpha value is -0.820. The fourth-order valence-corrected chi connectivity index (χ4v) is 4.84. The summed E-state index contributed by atoms with van der Waals surface area (Å²) in [5, 5.41) is 0.464. The van der Waals surface area contributed by atoms with Gasteiger partial charge in [0.25, 0.3) is 0 Å². The highest BCUT2D eigenvalue weighted by Crippen LogP contribution is 2.37. The Morgan fingerprint density at radius 1 is 1.22 bits per heavy atom.